The van der Waals surface area contributed by atoms with Crippen LogP contribution in [-0.4, -0.2) is 13.7 Å². The minimum atomic E-state index is -0.219. The van der Waals surface area contributed by atoms with Crippen molar-refractivity contribution in [2.45, 2.75) is 12.3 Å². The van der Waals surface area contributed by atoms with Gasteiger partial charge in [-0.05, 0) is 48.4 Å². The molecular weight excluding hydrogens is 241 g/mol. The largest absolute Gasteiger partial charge is 0.497 e. The summed E-state index contributed by atoms with van der Waals surface area (Å²) in [6, 6.07) is 14.5. The summed E-state index contributed by atoms with van der Waals surface area (Å²) in [5.74, 6) is 0.827. The smallest absolute Gasteiger partial charge is 0.123 e. The van der Waals surface area contributed by atoms with Gasteiger partial charge in [-0.3, -0.25) is 0 Å². The maximum Gasteiger partial charge on any atom is 0.123 e. The third kappa shape index (κ3) is 3.55. The van der Waals surface area contributed by atoms with Gasteiger partial charge in [0, 0.05) is 5.92 Å². The van der Waals surface area contributed by atoms with Crippen molar-refractivity contribution in [3.05, 3.63) is 65.5 Å². The molecule has 0 saturated carbocycles. The van der Waals surface area contributed by atoms with Gasteiger partial charge < -0.3 is 10.5 Å². The molecule has 0 aromatic heterocycles. The summed E-state index contributed by atoms with van der Waals surface area (Å²) in [5.41, 5.74) is 8.09. The highest BCUT2D eigenvalue weighted by Crippen LogP contribution is 2.21. The number of halogens is 1. The van der Waals surface area contributed by atoms with Crippen molar-refractivity contribution in [3.8, 4) is 5.75 Å². The monoisotopic (exact) mass is 259 g/mol. The second-order valence-corrected chi connectivity index (χ2v) is 4.54. The van der Waals surface area contributed by atoms with Gasteiger partial charge in [0.25, 0.3) is 0 Å². The van der Waals surface area contributed by atoms with Crippen molar-refractivity contribution in [1.29, 1.82) is 0 Å². The molecule has 3 heteroatoms. The molecule has 0 fully saturated rings. The first-order valence-electron chi connectivity index (χ1n) is 6.31. The normalized spacial score (nSPS) is 12.2. The molecule has 0 heterocycles. The van der Waals surface area contributed by atoms with Crippen molar-refractivity contribution in [1.82, 2.24) is 0 Å². The van der Waals surface area contributed by atoms with E-state index in [1.54, 1.807) is 19.2 Å². The zero-order chi connectivity index (χ0) is 13.7. The third-order valence-corrected chi connectivity index (χ3v) is 3.27. The van der Waals surface area contributed by atoms with E-state index in [4.69, 9.17) is 10.5 Å². The van der Waals surface area contributed by atoms with E-state index in [9.17, 15) is 4.39 Å². The highest BCUT2D eigenvalue weighted by Gasteiger charge is 2.10. The van der Waals surface area contributed by atoms with Crippen LogP contribution in [0.15, 0.2) is 48.5 Å². The molecule has 0 spiro atoms. The molecule has 2 rings (SSSR count). The van der Waals surface area contributed by atoms with Crippen molar-refractivity contribution < 1.29 is 9.13 Å². The molecule has 0 aliphatic carbocycles. The van der Waals surface area contributed by atoms with Gasteiger partial charge in [0.05, 0.1) is 7.11 Å². The average Bonchev–Trinajstić information content (AvgIpc) is 2.46. The first-order valence-corrected chi connectivity index (χ1v) is 6.31. The molecule has 19 heavy (non-hydrogen) atoms. The van der Waals surface area contributed by atoms with Crippen LogP contribution in [-0.2, 0) is 6.42 Å². The lowest BCUT2D eigenvalue weighted by Crippen LogP contribution is -2.15. The Morgan fingerprint density at radius 2 is 1.68 bits per heavy atom. The topological polar surface area (TPSA) is 35.2 Å². The van der Waals surface area contributed by atoms with Crippen LogP contribution in [0.2, 0.25) is 0 Å². The number of hydrogen-bond donors (Lipinski definition) is 1. The standard InChI is InChI=1S/C16H18FNO/c1-19-16-8-2-12(3-9-16)10-14(11-18)13-4-6-15(17)7-5-13/h2-9,14H,10-11,18H2,1H3. The first kappa shape index (κ1) is 13.6. The fourth-order valence-electron chi connectivity index (χ4n) is 2.12. The molecule has 0 bridgehead atoms. The van der Waals surface area contributed by atoms with Crippen LogP contribution in [0.3, 0.4) is 0 Å². The van der Waals surface area contributed by atoms with E-state index in [1.165, 1.54) is 17.7 Å². The van der Waals surface area contributed by atoms with Crippen LogP contribution in [0.5, 0.6) is 5.75 Å². The fraction of sp³-hybridized carbons (Fsp3) is 0.250. The van der Waals surface area contributed by atoms with Crippen LogP contribution >= 0.6 is 0 Å². The van der Waals surface area contributed by atoms with Gasteiger partial charge in [-0.1, -0.05) is 24.3 Å². The number of rotatable bonds is 5. The Balaban J connectivity index is 2.11. The van der Waals surface area contributed by atoms with Gasteiger partial charge in [-0.25, -0.2) is 4.39 Å². The Hall–Kier alpha value is -1.87. The lowest BCUT2D eigenvalue weighted by molar-refractivity contribution is 0.414. The SMILES string of the molecule is COc1ccc(CC(CN)c2ccc(F)cc2)cc1. The number of methoxy groups -OCH3 is 1. The van der Waals surface area contributed by atoms with Crippen LogP contribution in [0.4, 0.5) is 4.39 Å². The van der Waals surface area contributed by atoms with E-state index in [0.717, 1.165) is 17.7 Å². The zero-order valence-corrected chi connectivity index (χ0v) is 11.0. The molecule has 2 nitrogen and oxygen atoms in total. The predicted molar refractivity (Wildman–Crippen MR) is 74.9 cm³/mol. The van der Waals surface area contributed by atoms with Gasteiger partial charge >= 0.3 is 0 Å². The Kier molecular flexibility index (Phi) is 4.53. The van der Waals surface area contributed by atoms with Crippen LogP contribution < -0.4 is 10.5 Å². The molecule has 100 valence electrons. The summed E-state index contributed by atoms with van der Waals surface area (Å²) in [6.07, 6.45) is 0.839. The van der Waals surface area contributed by atoms with Gasteiger partial charge in [0.1, 0.15) is 11.6 Å². The molecule has 1 atom stereocenters. The number of benzene rings is 2. The lowest BCUT2D eigenvalue weighted by atomic mass is 9.92. The predicted octanol–water partition coefficient (Wildman–Crippen LogP) is 3.12. The van der Waals surface area contributed by atoms with Gasteiger partial charge in [-0.15, -0.1) is 0 Å². The van der Waals surface area contributed by atoms with E-state index in [-0.39, 0.29) is 11.7 Å². The molecule has 1 unspecified atom stereocenters. The van der Waals surface area contributed by atoms with Crippen molar-refractivity contribution in [3.63, 3.8) is 0 Å². The van der Waals surface area contributed by atoms with E-state index in [2.05, 4.69) is 0 Å². The summed E-state index contributed by atoms with van der Waals surface area (Å²) in [5, 5.41) is 0. The highest BCUT2D eigenvalue weighted by atomic mass is 19.1. The van der Waals surface area contributed by atoms with Crippen molar-refractivity contribution in [2.75, 3.05) is 13.7 Å². The van der Waals surface area contributed by atoms with Gasteiger partial charge in [0.15, 0.2) is 0 Å². The molecule has 0 aliphatic heterocycles. The molecular formula is C16H18FNO. The highest BCUT2D eigenvalue weighted by molar-refractivity contribution is 5.30. The lowest BCUT2D eigenvalue weighted by Gasteiger charge is -2.15. The van der Waals surface area contributed by atoms with Crippen LogP contribution in [0.1, 0.15) is 17.0 Å². The number of nitrogens with two attached hydrogens (primary N) is 1. The number of ether oxygens (including phenoxy) is 1. The molecule has 2 aromatic rings. The Morgan fingerprint density at radius 3 is 2.21 bits per heavy atom. The summed E-state index contributed by atoms with van der Waals surface area (Å²) in [4.78, 5) is 0. The third-order valence-electron chi connectivity index (χ3n) is 3.27. The summed E-state index contributed by atoms with van der Waals surface area (Å²) in [7, 11) is 1.65. The van der Waals surface area contributed by atoms with E-state index in [0.29, 0.717) is 6.54 Å². The van der Waals surface area contributed by atoms with Crippen LogP contribution in [0.25, 0.3) is 0 Å². The minimum absolute atomic E-state index is 0.203. The van der Waals surface area contributed by atoms with Gasteiger partial charge in [0.2, 0.25) is 0 Å². The van der Waals surface area contributed by atoms with E-state index in [1.807, 2.05) is 24.3 Å². The van der Waals surface area contributed by atoms with Gasteiger partial charge in [-0.2, -0.15) is 0 Å². The maximum atomic E-state index is 12.9. The quantitative estimate of drug-likeness (QED) is 0.895. The van der Waals surface area contributed by atoms with E-state index < -0.39 is 0 Å². The van der Waals surface area contributed by atoms with Crippen molar-refractivity contribution >= 4 is 0 Å². The Morgan fingerprint density at radius 1 is 1.05 bits per heavy atom. The maximum absolute atomic E-state index is 12.9. The molecule has 0 saturated heterocycles. The first-order chi connectivity index (χ1) is 9.22. The Bertz CT molecular complexity index is 507. The molecule has 0 aliphatic rings. The fourth-order valence-corrected chi connectivity index (χ4v) is 2.12. The summed E-state index contributed by atoms with van der Waals surface area (Å²) in [6.45, 7) is 0.539. The average molecular weight is 259 g/mol. The second-order valence-electron chi connectivity index (χ2n) is 4.54. The molecule has 2 aromatic carbocycles. The zero-order valence-electron chi connectivity index (χ0n) is 11.0. The van der Waals surface area contributed by atoms with E-state index >= 15 is 0 Å². The second kappa shape index (κ2) is 6.34. The number of hydrogen-bond acceptors (Lipinski definition) is 2. The summed E-state index contributed by atoms with van der Waals surface area (Å²) < 4.78 is 18.1. The molecule has 0 amide bonds. The van der Waals surface area contributed by atoms with Crippen molar-refractivity contribution in [2.24, 2.45) is 5.73 Å². The molecule has 0 radical (unpaired) electrons. The van der Waals surface area contributed by atoms with Crippen LogP contribution in [0, 0.1) is 5.82 Å². The summed E-state index contributed by atoms with van der Waals surface area (Å²) >= 11 is 0. The molecule has 2 N–H and O–H groups in total. The minimum Gasteiger partial charge on any atom is -0.497 e. The Labute approximate surface area is 113 Å².